The molecule has 0 unspecified atom stereocenters. The van der Waals surface area contributed by atoms with Gasteiger partial charge in [-0.1, -0.05) is 36.4 Å². The molecule has 0 saturated heterocycles. The first-order chi connectivity index (χ1) is 8.11. The van der Waals surface area contributed by atoms with Crippen molar-refractivity contribution in [2.24, 2.45) is 0 Å². The zero-order valence-electron chi connectivity index (χ0n) is 8.96. The van der Waals surface area contributed by atoms with E-state index >= 15 is 0 Å². The van der Waals surface area contributed by atoms with Gasteiger partial charge in [0, 0.05) is 5.56 Å². The van der Waals surface area contributed by atoms with Gasteiger partial charge in [-0.2, -0.15) is 0 Å². The van der Waals surface area contributed by atoms with E-state index in [1.54, 1.807) is 6.07 Å². The summed E-state index contributed by atoms with van der Waals surface area (Å²) < 4.78 is 21.8. The van der Waals surface area contributed by atoms with Crippen molar-refractivity contribution in [2.45, 2.75) is 4.90 Å². The topological polar surface area (TPSA) is 86.2 Å². The lowest BCUT2D eigenvalue weighted by molar-refractivity contribution is 0.615. The van der Waals surface area contributed by atoms with Crippen LogP contribution in [0, 0.1) is 0 Å². The van der Waals surface area contributed by atoms with Crippen LogP contribution in [0.1, 0.15) is 0 Å². The third kappa shape index (κ3) is 2.09. The summed E-state index contributed by atoms with van der Waals surface area (Å²) in [6.07, 6.45) is 0. The van der Waals surface area contributed by atoms with Crippen molar-refractivity contribution in [3.8, 4) is 11.1 Å². The molecule has 0 spiro atoms. The SMILES string of the molecule is Nc1c(-c2ccccc2)ccc([SH](=O)=O)c1N. The normalized spacial score (nSPS) is 10.6. The number of rotatable bonds is 2. The quantitative estimate of drug-likeness (QED) is 0.555. The second kappa shape index (κ2) is 4.47. The van der Waals surface area contributed by atoms with Crippen molar-refractivity contribution >= 4 is 22.1 Å². The van der Waals surface area contributed by atoms with Crippen LogP contribution in [0.3, 0.4) is 0 Å². The molecule has 0 aliphatic heterocycles. The second-order valence-corrected chi connectivity index (χ2v) is 4.58. The lowest BCUT2D eigenvalue weighted by atomic mass is 10.0. The summed E-state index contributed by atoms with van der Waals surface area (Å²) >= 11 is 0. The fourth-order valence-corrected chi connectivity index (χ4v) is 2.17. The molecule has 0 radical (unpaired) electrons. The summed E-state index contributed by atoms with van der Waals surface area (Å²) in [6.45, 7) is 0. The van der Waals surface area contributed by atoms with Gasteiger partial charge in [0.2, 0.25) is 0 Å². The number of hydrogen-bond acceptors (Lipinski definition) is 4. The minimum Gasteiger partial charge on any atom is -0.397 e. The highest BCUT2D eigenvalue weighted by atomic mass is 32.2. The summed E-state index contributed by atoms with van der Waals surface area (Å²) in [6, 6.07) is 12.6. The first kappa shape index (κ1) is 11.5. The number of benzene rings is 2. The van der Waals surface area contributed by atoms with E-state index < -0.39 is 10.7 Å². The van der Waals surface area contributed by atoms with Crippen molar-refractivity contribution < 1.29 is 8.42 Å². The van der Waals surface area contributed by atoms with Crippen LogP contribution in [0.2, 0.25) is 0 Å². The number of anilines is 2. The van der Waals surface area contributed by atoms with E-state index in [-0.39, 0.29) is 10.6 Å². The molecule has 0 fully saturated rings. The van der Waals surface area contributed by atoms with Crippen LogP contribution in [-0.4, -0.2) is 8.42 Å². The summed E-state index contributed by atoms with van der Waals surface area (Å²) in [5.74, 6) is 0. The Morgan fingerprint density at radius 1 is 0.824 bits per heavy atom. The van der Waals surface area contributed by atoms with Gasteiger partial charge in [-0.3, -0.25) is 0 Å². The predicted molar refractivity (Wildman–Crippen MR) is 69.3 cm³/mol. The maximum Gasteiger partial charge on any atom is 0.170 e. The first-order valence-electron chi connectivity index (χ1n) is 4.99. The summed E-state index contributed by atoms with van der Waals surface area (Å²) in [5, 5.41) is 0. The van der Waals surface area contributed by atoms with Gasteiger partial charge in [0.05, 0.1) is 16.3 Å². The number of nitrogen functional groups attached to an aromatic ring is 2. The highest BCUT2D eigenvalue weighted by Crippen LogP contribution is 2.32. The molecule has 0 amide bonds. The standard InChI is InChI=1S/C12H12N2O2S/c13-11-9(8-4-2-1-3-5-8)6-7-10(12(11)14)17(15)16/h1-7,17H,13-14H2. The van der Waals surface area contributed by atoms with Crippen molar-refractivity contribution in [2.75, 3.05) is 11.5 Å². The van der Waals surface area contributed by atoms with Crippen LogP contribution in [-0.2, 0) is 10.7 Å². The van der Waals surface area contributed by atoms with Crippen molar-refractivity contribution in [1.82, 2.24) is 0 Å². The van der Waals surface area contributed by atoms with Crippen LogP contribution >= 0.6 is 0 Å². The number of hydrogen-bond donors (Lipinski definition) is 3. The Morgan fingerprint density at radius 3 is 2.06 bits per heavy atom. The van der Waals surface area contributed by atoms with Crippen LogP contribution in [0.5, 0.6) is 0 Å². The fourth-order valence-electron chi connectivity index (χ4n) is 1.65. The summed E-state index contributed by atoms with van der Waals surface area (Å²) in [7, 11) is -2.72. The summed E-state index contributed by atoms with van der Waals surface area (Å²) in [5.41, 5.74) is 13.6. The maximum atomic E-state index is 10.9. The molecule has 4 nitrogen and oxygen atoms in total. The lowest BCUT2D eigenvalue weighted by Crippen LogP contribution is -2.01. The minimum absolute atomic E-state index is 0.0668. The van der Waals surface area contributed by atoms with E-state index in [4.69, 9.17) is 11.5 Å². The third-order valence-corrected chi connectivity index (χ3v) is 3.33. The largest absolute Gasteiger partial charge is 0.397 e. The van der Waals surface area contributed by atoms with Crippen LogP contribution in [0.25, 0.3) is 11.1 Å². The van der Waals surface area contributed by atoms with Gasteiger partial charge in [0.25, 0.3) is 0 Å². The Morgan fingerprint density at radius 2 is 1.47 bits per heavy atom. The Kier molecular flexibility index (Phi) is 3.01. The number of nitrogens with two attached hydrogens (primary N) is 2. The fraction of sp³-hybridized carbons (Fsp3) is 0. The molecule has 0 aromatic heterocycles. The average molecular weight is 248 g/mol. The van der Waals surface area contributed by atoms with E-state index in [0.29, 0.717) is 5.69 Å². The van der Waals surface area contributed by atoms with Crippen LogP contribution in [0.15, 0.2) is 47.4 Å². The van der Waals surface area contributed by atoms with Crippen molar-refractivity contribution in [1.29, 1.82) is 0 Å². The molecule has 2 aromatic rings. The molecule has 4 N–H and O–H groups in total. The van der Waals surface area contributed by atoms with Crippen molar-refractivity contribution in [3.63, 3.8) is 0 Å². The Bertz CT molecular complexity index is 614. The summed E-state index contributed by atoms with van der Waals surface area (Å²) in [4.78, 5) is 0.0668. The van der Waals surface area contributed by atoms with E-state index in [1.807, 2.05) is 30.3 Å². The van der Waals surface area contributed by atoms with Gasteiger partial charge >= 0.3 is 0 Å². The molecule has 2 rings (SSSR count). The Balaban J connectivity index is 2.63. The molecule has 5 heteroatoms. The van der Waals surface area contributed by atoms with Gasteiger partial charge < -0.3 is 11.5 Å². The van der Waals surface area contributed by atoms with E-state index in [1.165, 1.54) is 6.07 Å². The molecular weight excluding hydrogens is 236 g/mol. The molecule has 88 valence electrons. The molecule has 0 atom stereocenters. The van der Waals surface area contributed by atoms with Gasteiger partial charge in [-0.25, -0.2) is 8.42 Å². The van der Waals surface area contributed by atoms with E-state index in [9.17, 15) is 8.42 Å². The van der Waals surface area contributed by atoms with Gasteiger partial charge in [-0.05, 0) is 11.6 Å². The highest BCUT2D eigenvalue weighted by molar-refractivity contribution is 7.72. The molecule has 17 heavy (non-hydrogen) atoms. The van der Waals surface area contributed by atoms with E-state index in [0.717, 1.165) is 11.1 Å². The molecule has 0 aliphatic carbocycles. The average Bonchev–Trinajstić information content (AvgIpc) is 2.33. The smallest absolute Gasteiger partial charge is 0.170 e. The zero-order chi connectivity index (χ0) is 12.4. The van der Waals surface area contributed by atoms with Crippen molar-refractivity contribution in [3.05, 3.63) is 42.5 Å². The first-order valence-corrected chi connectivity index (χ1v) is 6.16. The second-order valence-electron chi connectivity index (χ2n) is 3.58. The maximum absolute atomic E-state index is 10.9. The zero-order valence-corrected chi connectivity index (χ0v) is 9.85. The molecule has 0 heterocycles. The Labute approximate surface area is 101 Å². The molecule has 2 aromatic carbocycles. The van der Waals surface area contributed by atoms with Crippen LogP contribution in [0.4, 0.5) is 11.4 Å². The molecule has 0 aliphatic rings. The highest BCUT2D eigenvalue weighted by Gasteiger charge is 2.10. The lowest BCUT2D eigenvalue weighted by Gasteiger charge is -2.09. The third-order valence-electron chi connectivity index (χ3n) is 2.55. The predicted octanol–water partition coefficient (Wildman–Crippen LogP) is 1.49. The Hall–Kier alpha value is -2.01. The number of thiol groups is 1. The molecule has 0 saturated carbocycles. The minimum atomic E-state index is -2.72. The monoisotopic (exact) mass is 248 g/mol. The van der Waals surface area contributed by atoms with Crippen LogP contribution < -0.4 is 11.5 Å². The van der Waals surface area contributed by atoms with Gasteiger partial charge in [0.1, 0.15) is 0 Å². The molecular formula is C12H12N2O2S. The van der Waals surface area contributed by atoms with Gasteiger partial charge in [0.15, 0.2) is 10.7 Å². The molecule has 0 bridgehead atoms. The van der Waals surface area contributed by atoms with E-state index in [2.05, 4.69) is 0 Å². The van der Waals surface area contributed by atoms with Gasteiger partial charge in [-0.15, -0.1) is 0 Å².